The summed E-state index contributed by atoms with van der Waals surface area (Å²) in [6, 6.07) is 10.1. The third kappa shape index (κ3) is 2.17. The fourth-order valence-electron chi connectivity index (χ4n) is 1.93. The number of benzene rings is 1. The van der Waals surface area contributed by atoms with Crippen LogP contribution in [0.1, 0.15) is 28.5 Å². The maximum atomic E-state index is 6.20. The molecule has 2 nitrogen and oxygen atoms in total. The van der Waals surface area contributed by atoms with Crippen molar-refractivity contribution in [1.82, 2.24) is 0 Å². The summed E-state index contributed by atoms with van der Waals surface area (Å²) >= 11 is 0. The van der Waals surface area contributed by atoms with Gasteiger partial charge >= 0.3 is 0 Å². The molecule has 0 aliphatic carbocycles. The van der Waals surface area contributed by atoms with Gasteiger partial charge in [0, 0.05) is 12.5 Å². The fraction of sp³-hybridized carbons (Fsp3) is 0.286. The molecule has 2 aromatic rings. The van der Waals surface area contributed by atoms with Crippen molar-refractivity contribution < 1.29 is 4.42 Å². The number of hydrogen-bond donors (Lipinski definition) is 1. The Labute approximate surface area is 96.1 Å². The van der Waals surface area contributed by atoms with Crippen molar-refractivity contribution >= 4 is 0 Å². The molecule has 16 heavy (non-hydrogen) atoms. The summed E-state index contributed by atoms with van der Waals surface area (Å²) in [4.78, 5) is 0. The molecule has 2 heteroatoms. The molecule has 0 spiro atoms. The van der Waals surface area contributed by atoms with Crippen molar-refractivity contribution in [2.24, 2.45) is 5.73 Å². The van der Waals surface area contributed by atoms with E-state index >= 15 is 0 Å². The van der Waals surface area contributed by atoms with Crippen LogP contribution in [0.2, 0.25) is 0 Å². The molecule has 0 radical (unpaired) electrons. The molecule has 0 saturated carbocycles. The zero-order chi connectivity index (χ0) is 11.5. The summed E-state index contributed by atoms with van der Waals surface area (Å²) in [5.74, 6) is 0.938. The predicted molar refractivity (Wildman–Crippen MR) is 65.3 cm³/mol. The SMILES string of the molecule is Cc1cccc(C(N)Cc2ccco2)c1C. The molecule has 1 aromatic carbocycles. The van der Waals surface area contributed by atoms with Gasteiger partial charge in [-0.1, -0.05) is 18.2 Å². The second-order valence-electron chi connectivity index (χ2n) is 4.18. The summed E-state index contributed by atoms with van der Waals surface area (Å²) in [7, 11) is 0. The Balaban J connectivity index is 2.21. The molecule has 1 heterocycles. The highest BCUT2D eigenvalue weighted by Gasteiger charge is 2.11. The Kier molecular flexibility index (Phi) is 3.11. The van der Waals surface area contributed by atoms with E-state index in [1.165, 1.54) is 16.7 Å². The zero-order valence-corrected chi connectivity index (χ0v) is 9.73. The number of hydrogen-bond acceptors (Lipinski definition) is 2. The van der Waals surface area contributed by atoms with Gasteiger partial charge in [0.1, 0.15) is 5.76 Å². The molecule has 0 saturated heterocycles. The van der Waals surface area contributed by atoms with Crippen LogP contribution in [-0.4, -0.2) is 0 Å². The molecule has 1 aromatic heterocycles. The van der Waals surface area contributed by atoms with Gasteiger partial charge in [-0.15, -0.1) is 0 Å². The minimum absolute atomic E-state index is 0.00560. The van der Waals surface area contributed by atoms with E-state index in [9.17, 15) is 0 Å². The standard InChI is InChI=1S/C14H17NO/c1-10-5-3-7-13(11(10)2)14(15)9-12-6-4-8-16-12/h3-8,14H,9,15H2,1-2H3. The van der Waals surface area contributed by atoms with Crippen molar-refractivity contribution in [2.45, 2.75) is 26.3 Å². The van der Waals surface area contributed by atoms with E-state index in [4.69, 9.17) is 10.2 Å². The number of furan rings is 1. The molecule has 1 atom stereocenters. The van der Waals surface area contributed by atoms with Crippen LogP contribution in [0.25, 0.3) is 0 Å². The van der Waals surface area contributed by atoms with Crippen LogP contribution < -0.4 is 5.73 Å². The Bertz CT molecular complexity index is 460. The number of nitrogens with two attached hydrogens (primary N) is 1. The van der Waals surface area contributed by atoms with Crippen LogP contribution in [0, 0.1) is 13.8 Å². The molecule has 0 bridgehead atoms. The van der Waals surface area contributed by atoms with Crippen LogP contribution in [0.15, 0.2) is 41.0 Å². The maximum Gasteiger partial charge on any atom is 0.105 e. The Morgan fingerprint density at radius 3 is 2.69 bits per heavy atom. The average molecular weight is 215 g/mol. The molecule has 2 rings (SSSR count). The zero-order valence-electron chi connectivity index (χ0n) is 9.73. The lowest BCUT2D eigenvalue weighted by Gasteiger charge is -2.15. The Hall–Kier alpha value is -1.54. The summed E-state index contributed by atoms with van der Waals surface area (Å²) in [5, 5.41) is 0. The van der Waals surface area contributed by atoms with E-state index in [-0.39, 0.29) is 6.04 Å². The third-order valence-corrected chi connectivity index (χ3v) is 3.05. The van der Waals surface area contributed by atoms with Gasteiger partial charge in [-0.2, -0.15) is 0 Å². The first-order valence-electron chi connectivity index (χ1n) is 5.52. The smallest absolute Gasteiger partial charge is 0.105 e. The Morgan fingerprint density at radius 2 is 2.00 bits per heavy atom. The van der Waals surface area contributed by atoms with E-state index in [1.54, 1.807) is 6.26 Å². The first-order chi connectivity index (χ1) is 7.68. The van der Waals surface area contributed by atoms with Crippen LogP contribution in [-0.2, 0) is 6.42 Å². The molecular formula is C14H17NO. The second-order valence-corrected chi connectivity index (χ2v) is 4.18. The monoisotopic (exact) mass is 215 g/mol. The van der Waals surface area contributed by atoms with Crippen molar-refractivity contribution in [3.05, 3.63) is 59.0 Å². The molecule has 0 amide bonds. The summed E-state index contributed by atoms with van der Waals surface area (Å²) in [6.07, 6.45) is 2.43. The third-order valence-electron chi connectivity index (χ3n) is 3.05. The fourth-order valence-corrected chi connectivity index (χ4v) is 1.93. The van der Waals surface area contributed by atoms with Crippen molar-refractivity contribution in [2.75, 3.05) is 0 Å². The normalized spacial score (nSPS) is 12.7. The lowest BCUT2D eigenvalue weighted by atomic mass is 9.95. The summed E-state index contributed by atoms with van der Waals surface area (Å²) in [5.41, 5.74) is 9.96. The van der Waals surface area contributed by atoms with E-state index in [0.717, 1.165) is 12.2 Å². The topological polar surface area (TPSA) is 39.2 Å². The van der Waals surface area contributed by atoms with E-state index in [2.05, 4.69) is 32.0 Å². The first-order valence-corrected chi connectivity index (χ1v) is 5.52. The Morgan fingerprint density at radius 1 is 1.19 bits per heavy atom. The quantitative estimate of drug-likeness (QED) is 0.854. The van der Waals surface area contributed by atoms with Crippen LogP contribution in [0.5, 0.6) is 0 Å². The highest BCUT2D eigenvalue weighted by Crippen LogP contribution is 2.21. The van der Waals surface area contributed by atoms with Gasteiger partial charge < -0.3 is 10.2 Å². The van der Waals surface area contributed by atoms with Crippen LogP contribution >= 0.6 is 0 Å². The van der Waals surface area contributed by atoms with E-state index < -0.39 is 0 Å². The van der Waals surface area contributed by atoms with Gasteiger partial charge in [-0.25, -0.2) is 0 Å². The number of rotatable bonds is 3. The molecule has 0 aliphatic rings. The minimum atomic E-state index is 0.00560. The van der Waals surface area contributed by atoms with Gasteiger partial charge in [0.25, 0.3) is 0 Å². The van der Waals surface area contributed by atoms with Gasteiger partial charge in [0.05, 0.1) is 6.26 Å². The predicted octanol–water partition coefficient (Wildman–Crippen LogP) is 3.14. The van der Waals surface area contributed by atoms with Gasteiger partial charge in [0.2, 0.25) is 0 Å². The lowest BCUT2D eigenvalue weighted by Crippen LogP contribution is -2.14. The average Bonchev–Trinajstić information content (AvgIpc) is 2.74. The molecule has 84 valence electrons. The number of aryl methyl sites for hydroxylation is 1. The largest absolute Gasteiger partial charge is 0.469 e. The first kappa shape index (κ1) is 11.0. The van der Waals surface area contributed by atoms with E-state index in [0.29, 0.717) is 0 Å². The maximum absolute atomic E-state index is 6.20. The molecule has 2 N–H and O–H groups in total. The summed E-state index contributed by atoms with van der Waals surface area (Å²) in [6.45, 7) is 4.23. The van der Waals surface area contributed by atoms with Crippen LogP contribution in [0.4, 0.5) is 0 Å². The molecule has 0 fully saturated rings. The highest BCUT2D eigenvalue weighted by atomic mass is 16.3. The van der Waals surface area contributed by atoms with Gasteiger partial charge in [-0.05, 0) is 42.7 Å². The molecule has 1 unspecified atom stereocenters. The van der Waals surface area contributed by atoms with Gasteiger partial charge in [0.15, 0.2) is 0 Å². The minimum Gasteiger partial charge on any atom is -0.469 e. The summed E-state index contributed by atoms with van der Waals surface area (Å²) < 4.78 is 5.32. The highest BCUT2D eigenvalue weighted by molar-refractivity contribution is 5.35. The van der Waals surface area contributed by atoms with Crippen molar-refractivity contribution in [1.29, 1.82) is 0 Å². The van der Waals surface area contributed by atoms with Crippen LogP contribution in [0.3, 0.4) is 0 Å². The van der Waals surface area contributed by atoms with Crippen molar-refractivity contribution in [3.8, 4) is 0 Å². The van der Waals surface area contributed by atoms with Gasteiger partial charge in [-0.3, -0.25) is 0 Å². The second kappa shape index (κ2) is 4.54. The lowest BCUT2D eigenvalue weighted by molar-refractivity contribution is 0.488. The van der Waals surface area contributed by atoms with Crippen molar-refractivity contribution in [3.63, 3.8) is 0 Å². The van der Waals surface area contributed by atoms with E-state index in [1.807, 2.05) is 12.1 Å². The molecule has 0 aliphatic heterocycles. The molecular weight excluding hydrogens is 198 g/mol.